The van der Waals surface area contributed by atoms with Crippen LogP contribution in [0.2, 0.25) is 0 Å². The molecule has 1 N–H and O–H groups in total. The molecular formula is C21H28IN5O2. The summed E-state index contributed by atoms with van der Waals surface area (Å²) in [6.45, 7) is 3.33. The van der Waals surface area contributed by atoms with Crippen molar-refractivity contribution in [2.75, 3.05) is 39.9 Å². The molecule has 3 rings (SSSR count). The van der Waals surface area contributed by atoms with Crippen LogP contribution < -0.4 is 10.1 Å². The minimum Gasteiger partial charge on any atom is -0.481 e. The molecule has 1 aliphatic heterocycles. The highest BCUT2D eigenvalue weighted by Gasteiger charge is 2.24. The zero-order valence-electron chi connectivity index (χ0n) is 16.9. The van der Waals surface area contributed by atoms with Crippen LogP contribution in [0.25, 0.3) is 0 Å². The fraction of sp³-hybridized carbons (Fsp3) is 0.429. The maximum absolute atomic E-state index is 5.91. The van der Waals surface area contributed by atoms with Crippen molar-refractivity contribution in [1.82, 2.24) is 20.0 Å². The average Bonchev–Trinajstić information content (AvgIpc) is 3.17. The van der Waals surface area contributed by atoms with Gasteiger partial charge in [0.25, 0.3) is 0 Å². The summed E-state index contributed by atoms with van der Waals surface area (Å²) in [4.78, 5) is 6.67. The molecule has 1 fully saturated rings. The summed E-state index contributed by atoms with van der Waals surface area (Å²) in [5, 5.41) is 7.70. The third-order valence-corrected chi connectivity index (χ3v) is 4.62. The molecule has 1 saturated heterocycles. The van der Waals surface area contributed by atoms with Gasteiger partial charge in [-0.2, -0.15) is 5.10 Å². The van der Waals surface area contributed by atoms with Gasteiger partial charge in [-0.3, -0.25) is 9.67 Å². The Bertz CT molecular complexity index is 828. The molecular weight excluding hydrogens is 481 g/mol. The van der Waals surface area contributed by atoms with Crippen LogP contribution in [-0.4, -0.2) is 60.5 Å². The number of aliphatic imine (C=N–C) groups is 1. The number of nitrogens with zero attached hydrogens (tertiary/aromatic N) is 4. The minimum atomic E-state index is 0. The Labute approximate surface area is 189 Å². The first kappa shape index (κ1) is 23.0. The van der Waals surface area contributed by atoms with Gasteiger partial charge in [-0.05, 0) is 24.1 Å². The van der Waals surface area contributed by atoms with Gasteiger partial charge in [0.05, 0.1) is 19.3 Å². The molecule has 1 aromatic heterocycles. The molecule has 0 aliphatic carbocycles. The second kappa shape index (κ2) is 11.7. The highest BCUT2D eigenvalue weighted by Crippen LogP contribution is 2.21. The Morgan fingerprint density at radius 1 is 1.41 bits per heavy atom. The van der Waals surface area contributed by atoms with E-state index in [0.717, 1.165) is 43.3 Å². The van der Waals surface area contributed by atoms with E-state index >= 15 is 0 Å². The topological polar surface area (TPSA) is 63.9 Å². The smallest absolute Gasteiger partial charge is 0.193 e. The van der Waals surface area contributed by atoms with Crippen LogP contribution in [0.1, 0.15) is 17.2 Å². The van der Waals surface area contributed by atoms with E-state index in [1.54, 1.807) is 4.68 Å². The molecule has 156 valence electrons. The summed E-state index contributed by atoms with van der Waals surface area (Å²) >= 11 is 0. The van der Waals surface area contributed by atoms with Crippen molar-refractivity contribution in [3.05, 3.63) is 47.8 Å². The fourth-order valence-corrected chi connectivity index (χ4v) is 3.18. The van der Waals surface area contributed by atoms with Gasteiger partial charge in [0, 0.05) is 38.9 Å². The van der Waals surface area contributed by atoms with E-state index in [1.807, 2.05) is 38.6 Å². The monoisotopic (exact) mass is 509 g/mol. The molecule has 0 spiro atoms. The molecule has 7 nitrogen and oxygen atoms in total. The van der Waals surface area contributed by atoms with Crippen LogP contribution in [0, 0.1) is 12.3 Å². The number of terminal acetylenes is 1. The van der Waals surface area contributed by atoms with Crippen molar-refractivity contribution < 1.29 is 9.47 Å². The molecule has 2 heterocycles. The van der Waals surface area contributed by atoms with E-state index in [-0.39, 0.29) is 36.7 Å². The number of morpholine rings is 1. The normalized spacial score (nSPS) is 16.7. The summed E-state index contributed by atoms with van der Waals surface area (Å²) in [5.41, 5.74) is 2.32. The number of benzene rings is 1. The molecule has 1 aromatic carbocycles. The fourth-order valence-electron chi connectivity index (χ4n) is 3.18. The van der Waals surface area contributed by atoms with Gasteiger partial charge < -0.3 is 19.7 Å². The van der Waals surface area contributed by atoms with Crippen LogP contribution in [0.5, 0.6) is 5.75 Å². The van der Waals surface area contributed by atoms with E-state index in [1.165, 1.54) is 5.56 Å². The molecule has 0 amide bonds. The van der Waals surface area contributed by atoms with Crippen molar-refractivity contribution >= 4 is 29.9 Å². The lowest BCUT2D eigenvalue weighted by Crippen LogP contribution is -2.48. The van der Waals surface area contributed by atoms with Crippen LogP contribution in [0.3, 0.4) is 0 Å². The predicted molar refractivity (Wildman–Crippen MR) is 125 cm³/mol. The number of hydrogen-bond donors (Lipinski definition) is 1. The summed E-state index contributed by atoms with van der Waals surface area (Å²) < 4.78 is 13.1. The standard InChI is InChI=1S/C21H27N5O2.HI/c1-4-12-27-19-7-5-17(6-8-19)9-10-23-21(22-2)26-11-13-28-20(16-26)18-14-24-25(3)15-18;/h1,5-8,14-15,20H,9-13,16H2,2-3H3,(H,22,23);1H. The molecule has 8 heteroatoms. The van der Waals surface area contributed by atoms with Crippen molar-refractivity contribution in [2.45, 2.75) is 12.5 Å². The quantitative estimate of drug-likeness (QED) is 0.280. The third kappa shape index (κ3) is 6.65. The molecule has 0 saturated carbocycles. The second-order valence-corrected chi connectivity index (χ2v) is 6.61. The number of rotatable bonds is 6. The van der Waals surface area contributed by atoms with E-state index in [2.05, 4.69) is 38.4 Å². The Morgan fingerprint density at radius 2 is 2.21 bits per heavy atom. The van der Waals surface area contributed by atoms with Gasteiger partial charge in [0.15, 0.2) is 5.96 Å². The Morgan fingerprint density at radius 3 is 2.86 bits per heavy atom. The van der Waals surface area contributed by atoms with E-state index in [4.69, 9.17) is 15.9 Å². The van der Waals surface area contributed by atoms with Gasteiger partial charge >= 0.3 is 0 Å². The summed E-state index contributed by atoms with van der Waals surface area (Å²) in [7, 11) is 3.73. The van der Waals surface area contributed by atoms with Crippen LogP contribution >= 0.6 is 24.0 Å². The van der Waals surface area contributed by atoms with E-state index in [9.17, 15) is 0 Å². The highest BCUT2D eigenvalue weighted by atomic mass is 127. The van der Waals surface area contributed by atoms with Crippen molar-refractivity contribution in [3.63, 3.8) is 0 Å². The van der Waals surface area contributed by atoms with Gasteiger partial charge in [-0.15, -0.1) is 30.4 Å². The Kier molecular flexibility index (Phi) is 9.28. The predicted octanol–water partition coefficient (Wildman–Crippen LogP) is 2.24. The lowest BCUT2D eigenvalue weighted by molar-refractivity contribution is -0.00800. The number of nitrogens with one attached hydrogen (secondary N) is 1. The minimum absolute atomic E-state index is 0. The van der Waals surface area contributed by atoms with E-state index < -0.39 is 0 Å². The Hall–Kier alpha value is -2.25. The van der Waals surface area contributed by atoms with Crippen molar-refractivity contribution in [1.29, 1.82) is 0 Å². The molecule has 0 bridgehead atoms. The number of aromatic nitrogens is 2. The number of ether oxygens (including phenoxy) is 2. The van der Waals surface area contributed by atoms with Gasteiger partial charge in [0.1, 0.15) is 18.5 Å². The number of aryl methyl sites for hydroxylation is 1. The summed E-state index contributed by atoms with van der Waals surface area (Å²) in [6.07, 6.45) is 9.98. The van der Waals surface area contributed by atoms with Crippen LogP contribution in [0.15, 0.2) is 41.7 Å². The van der Waals surface area contributed by atoms with Crippen LogP contribution in [-0.2, 0) is 18.2 Å². The molecule has 1 aliphatic rings. The van der Waals surface area contributed by atoms with Crippen molar-refractivity contribution in [2.24, 2.45) is 12.0 Å². The van der Waals surface area contributed by atoms with Gasteiger partial charge in [0.2, 0.25) is 0 Å². The second-order valence-electron chi connectivity index (χ2n) is 6.61. The third-order valence-electron chi connectivity index (χ3n) is 4.62. The summed E-state index contributed by atoms with van der Waals surface area (Å²) in [5.74, 6) is 4.15. The number of guanidine groups is 1. The largest absolute Gasteiger partial charge is 0.481 e. The van der Waals surface area contributed by atoms with Crippen molar-refractivity contribution in [3.8, 4) is 18.1 Å². The maximum atomic E-state index is 5.91. The SMILES string of the molecule is C#CCOc1ccc(CCNC(=NC)N2CCOC(c3cnn(C)c3)C2)cc1.I. The molecule has 29 heavy (non-hydrogen) atoms. The molecule has 1 atom stereocenters. The first-order valence-electron chi connectivity index (χ1n) is 9.40. The lowest BCUT2D eigenvalue weighted by Gasteiger charge is -2.34. The Balaban J connectivity index is 0.00000300. The molecule has 2 aromatic rings. The summed E-state index contributed by atoms with van der Waals surface area (Å²) in [6, 6.07) is 8.01. The van der Waals surface area contributed by atoms with Crippen LogP contribution in [0.4, 0.5) is 0 Å². The number of halogens is 1. The zero-order valence-corrected chi connectivity index (χ0v) is 19.2. The van der Waals surface area contributed by atoms with Gasteiger partial charge in [-0.1, -0.05) is 18.1 Å². The number of hydrogen-bond acceptors (Lipinski definition) is 4. The average molecular weight is 509 g/mol. The maximum Gasteiger partial charge on any atom is 0.193 e. The van der Waals surface area contributed by atoms with E-state index in [0.29, 0.717) is 6.61 Å². The highest BCUT2D eigenvalue weighted by molar-refractivity contribution is 14.0. The molecule has 1 unspecified atom stereocenters. The zero-order chi connectivity index (χ0) is 19.8. The first-order chi connectivity index (χ1) is 13.7. The molecule has 0 radical (unpaired) electrons. The lowest BCUT2D eigenvalue weighted by atomic mass is 10.1. The first-order valence-corrected chi connectivity index (χ1v) is 9.40. The van der Waals surface area contributed by atoms with Gasteiger partial charge in [-0.25, -0.2) is 0 Å².